The molecule has 1 heterocycles. The van der Waals surface area contributed by atoms with Crippen LogP contribution >= 0.6 is 0 Å². The van der Waals surface area contributed by atoms with E-state index in [0.717, 1.165) is 24.3 Å². The molecule has 3 N–H and O–H groups in total. The van der Waals surface area contributed by atoms with E-state index in [1.165, 1.54) is 0 Å². The van der Waals surface area contributed by atoms with Crippen molar-refractivity contribution < 1.29 is 27.5 Å². The summed E-state index contributed by atoms with van der Waals surface area (Å²) in [6.45, 7) is 0. The highest BCUT2D eigenvalue weighted by atomic mass is 19.1. The fraction of sp³-hybridized carbons (Fsp3) is 0. The van der Waals surface area contributed by atoms with Crippen LogP contribution in [-0.4, -0.2) is 15.5 Å². The number of ketones is 1. The van der Waals surface area contributed by atoms with Gasteiger partial charge in [0.1, 0.15) is 28.9 Å². The zero-order valence-electron chi connectivity index (χ0n) is 13.3. The standard InChI is InChI=1S/C18H10F4N2O3/c19-8-1-2-10(12(20)5-8)17(27)11-3-4-15(26)24(18(11)23)16-13(21)6-9(25)7-14(16)22/h1-7,25H,23H2. The van der Waals surface area contributed by atoms with E-state index < -0.39 is 63.0 Å². The van der Waals surface area contributed by atoms with Crippen LogP contribution in [0.2, 0.25) is 0 Å². The van der Waals surface area contributed by atoms with Gasteiger partial charge in [0.25, 0.3) is 5.56 Å². The zero-order valence-corrected chi connectivity index (χ0v) is 13.3. The first-order chi connectivity index (χ1) is 12.7. The molecular weight excluding hydrogens is 368 g/mol. The smallest absolute Gasteiger partial charge is 0.256 e. The van der Waals surface area contributed by atoms with Gasteiger partial charge in [0.2, 0.25) is 0 Å². The number of nitrogens with zero attached hydrogens (tertiary/aromatic N) is 1. The van der Waals surface area contributed by atoms with E-state index in [0.29, 0.717) is 22.8 Å². The Kier molecular flexibility index (Phi) is 4.44. The Labute approximate surface area is 148 Å². The summed E-state index contributed by atoms with van der Waals surface area (Å²) < 4.78 is 55.5. The normalized spacial score (nSPS) is 10.8. The van der Waals surface area contributed by atoms with Crippen molar-refractivity contribution in [3.8, 4) is 11.4 Å². The SMILES string of the molecule is Nc1c(C(=O)c2ccc(F)cc2F)ccc(=O)n1-c1c(F)cc(O)cc1F. The maximum atomic E-state index is 14.1. The van der Waals surface area contributed by atoms with Crippen molar-refractivity contribution in [2.75, 3.05) is 5.73 Å². The molecule has 1 aromatic heterocycles. The molecule has 9 heteroatoms. The third-order valence-corrected chi connectivity index (χ3v) is 3.78. The van der Waals surface area contributed by atoms with Crippen LogP contribution in [0.15, 0.2) is 47.3 Å². The summed E-state index contributed by atoms with van der Waals surface area (Å²) in [5, 5.41) is 9.22. The monoisotopic (exact) mass is 378 g/mol. The van der Waals surface area contributed by atoms with Gasteiger partial charge in [0.15, 0.2) is 17.4 Å². The Balaban J connectivity index is 2.24. The minimum atomic E-state index is -1.31. The largest absolute Gasteiger partial charge is 0.508 e. The summed E-state index contributed by atoms with van der Waals surface area (Å²) >= 11 is 0. The number of rotatable bonds is 3. The predicted octanol–water partition coefficient (Wildman–Crippen LogP) is 2.91. The van der Waals surface area contributed by atoms with E-state index >= 15 is 0 Å². The molecule has 27 heavy (non-hydrogen) atoms. The van der Waals surface area contributed by atoms with Crippen molar-refractivity contribution in [3.63, 3.8) is 0 Å². The number of nitrogen functional groups attached to an aromatic ring is 1. The number of aromatic hydroxyl groups is 1. The maximum Gasteiger partial charge on any atom is 0.256 e. The molecule has 0 saturated heterocycles. The lowest BCUT2D eigenvalue weighted by Gasteiger charge is -2.15. The molecule has 0 radical (unpaired) electrons. The summed E-state index contributed by atoms with van der Waals surface area (Å²) in [7, 11) is 0. The Morgan fingerprint density at radius 3 is 2.07 bits per heavy atom. The summed E-state index contributed by atoms with van der Waals surface area (Å²) in [6, 6.07) is 5.10. The second-order valence-electron chi connectivity index (χ2n) is 5.52. The van der Waals surface area contributed by atoms with Gasteiger partial charge in [-0.3, -0.25) is 14.2 Å². The molecule has 0 bridgehead atoms. The molecule has 0 aliphatic rings. The first-order valence-corrected chi connectivity index (χ1v) is 7.40. The number of nitrogens with two attached hydrogens (primary N) is 1. The molecule has 0 unspecified atom stereocenters. The van der Waals surface area contributed by atoms with Gasteiger partial charge in [-0.2, -0.15) is 0 Å². The number of pyridine rings is 1. The summed E-state index contributed by atoms with van der Waals surface area (Å²) in [6.07, 6.45) is 0. The molecule has 0 amide bonds. The van der Waals surface area contributed by atoms with E-state index in [1.807, 2.05) is 0 Å². The highest BCUT2D eigenvalue weighted by molar-refractivity contribution is 6.11. The average molecular weight is 378 g/mol. The van der Waals surface area contributed by atoms with Gasteiger partial charge in [-0.25, -0.2) is 17.6 Å². The van der Waals surface area contributed by atoms with Gasteiger partial charge in [-0.15, -0.1) is 0 Å². The number of anilines is 1. The van der Waals surface area contributed by atoms with Gasteiger partial charge >= 0.3 is 0 Å². The number of aromatic nitrogens is 1. The molecule has 0 fully saturated rings. The Morgan fingerprint density at radius 2 is 1.48 bits per heavy atom. The molecule has 0 saturated carbocycles. The van der Waals surface area contributed by atoms with Crippen molar-refractivity contribution in [2.24, 2.45) is 0 Å². The van der Waals surface area contributed by atoms with Crippen molar-refractivity contribution in [2.45, 2.75) is 0 Å². The summed E-state index contributed by atoms with van der Waals surface area (Å²) in [5.41, 5.74) is 2.92. The van der Waals surface area contributed by atoms with Crippen LogP contribution in [0, 0.1) is 23.3 Å². The molecule has 5 nitrogen and oxygen atoms in total. The molecule has 0 aliphatic carbocycles. The predicted molar refractivity (Wildman–Crippen MR) is 87.8 cm³/mol. The third kappa shape index (κ3) is 3.14. The van der Waals surface area contributed by atoms with E-state index in [4.69, 9.17) is 5.73 Å². The van der Waals surface area contributed by atoms with E-state index in [1.54, 1.807) is 0 Å². The van der Waals surface area contributed by atoms with E-state index in [2.05, 4.69) is 0 Å². The van der Waals surface area contributed by atoms with Gasteiger partial charge < -0.3 is 10.8 Å². The molecule has 3 rings (SSSR count). The Bertz CT molecular complexity index is 1120. The van der Waals surface area contributed by atoms with Crippen LogP contribution in [-0.2, 0) is 0 Å². The van der Waals surface area contributed by atoms with Crippen molar-refractivity contribution in [1.82, 2.24) is 4.57 Å². The van der Waals surface area contributed by atoms with Gasteiger partial charge in [0.05, 0.1) is 11.1 Å². The van der Waals surface area contributed by atoms with Crippen LogP contribution in [0.4, 0.5) is 23.4 Å². The molecule has 0 spiro atoms. The minimum Gasteiger partial charge on any atom is -0.508 e. The first kappa shape index (κ1) is 18.2. The lowest BCUT2D eigenvalue weighted by atomic mass is 10.0. The molecule has 0 atom stereocenters. The minimum absolute atomic E-state index is 0.388. The van der Waals surface area contributed by atoms with Gasteiger partial charge in [-0.05, 0) is 18.2 Å². The first-order valence-electron chi connectivity index (χ1n) is 7.40. The molecule has 3 aromatic rings. The van der Waals surface area contributed by atoms with Gasteiger partial charge in [-0.1, -0.05) is 0 Å². The second kappa shape index (κ2) is 6.60. The van der Waals surface area contributed by atoms with E-state index in [-0.39, 0.29) is 0 Å². The summed E-state index contributed by atoms with van der Waals surface area (Å²) in [5.74, 6) is -7.08. The topological polar surface area (TPSA) is 85.3 Å². The second-order valence-corrected chi connectivity index (χ2v) is 5.52. The Morgan fingerprint density at radius 1 is 0.889 bits per heavy atom. The number of phenols is 1. The molecule has 0 aliphatic heterocycles. The highest BCUT2D eigenvalue weighted by Crippen LogP contribution is 2.26. The molecular formula is C18H10F4N2O3. The maximum absolute atomic E-state index is 14.1. The molecule has 138 valence electrons. The van der Waals surface area contributed by atoms with Crippen LogP contribution in [0.3, 0.4) is 0 Å². The van der Waals surface area contributed by atoms with E-state index in [9.17, 15) is 32.3 Å². The Hall–Kier alpha value is -3.62. The number of benzene rings is 2. The van der Waals surface area contributed by atoms with Crippen LogP contribution in [0.1, 0.15) is 15.9 Å². The average Bonchev–Trinajstić information content (AvgIpc) is 2.56. The third-order valence-electron chi connectivity index (χ3n) is 3.78. The quantitative estimate of drug-likeness (QED) is 0.542. The van der Waals surface area contributed by atoms with Gasteiger partial charge in [0, 0.05) is 24.3 Å². The van der Waals surface area contributed by atoms with Crippen molar-refractivity contribution in [1.29, 1.82) is 0 Å². The number of hydrogen-bond donors (Lipinski definition) is 2. The number of hydrogen-bond acceptors (Lipinski definition) is 4. The zero-order chi connectivity index (χ0) is 19.9. The lowest BCUT2D eigenvalue weighted by Crippen LogP contribution is -2.25. The van der Waals surface area contributed by atoms with Crippen molar-refractivity contribution in [3.05, 3.63) is 87.2 Å². The number of phenolic OH excluding ortho intramolecular Hbond substituents is 1. The van der Waals surface area contributed by atoms with Crippen molar-refractivity contribution >= 4 is 11.6 Å². The fourth-order valence-electron chi connectivity index (χ4n) is 2.56. The van der Waals surface area contributed by atoms with Crippen LogP contribution in [0.25, 0.3) is 5.69 Å². The molecule has 2 aromatic carbocycles. The summed E-state index contributed by atoms with van der Waals surface area (Å²) in [4.78, 5) is 24.6. The van der Waals surface area contributed by atoms with Crippen LogP contribution in [0.5, 0.6) is 5.75 Å². The highest BCUT2D eigenvalue weighted by Gasteiger charge is 2.23. The lowest BCUT2D eigenvalue weighted by molar-refractivity contribution is 0.103. The number of carbonyl (C=O) groups is 1. The number of carbonyl (C=O) groups excluding carboxylic acids is 1. The fourth-order valence-corrected chi connectivity index (χ4v) is 2.56. The van der Waals surface area contributed by atoms with Crippen LogP contribution < -0.4 is 11.3 Å². The number of halogens is 4.